The Morgan fingerprint density at radius 3 is 2.59 bits per heavy atom. The fourth-order valence-electron chi connectivity index (χ4n) is 2.68. The Balaban J connectivity index is 2.05. The third-order valence-electron chi connectivity index (χ3n) is 3.90. The smallest absolute Gasteiger partial charge is 0.242 e. The van der Waals surface area contributed by atoms with E-state index in [2.05, 4.69) is 16.0 Å². The van der Waals surface area contributed by atoms with Gasteiger partial charge in [0.2, 0.25) is 23.6 Å². The molecular weight excluding hydrogens is 288 g/mol. The van der Waals surface area contributed by atoms with Crippen molar-refractivity contribution in [1.82, 2.24) is 20.9 Å². The minimum absolute atomic E-state index is 0.0595. The fourth-order valence-corrected chi connectivity index (χ4v) is 2.68. The van der Waals surface area contributed by atoms with E-state index in [1.807, 2.05) is 0 Å². The van der Waals surface area contributed by atoms with Crippen LogP contribution < -0.4 is 16.0 Å². The lowest BCUT2D eigenvalue weighted by atomic mass is 10.0. The zero-order valence-electron chi connectivity index (χ0n) is 12.7. The summed E-state index contributed by atoms with van der Waals surface area (Å²) >= 11 is 0. The van der Waals surface area contributed by atoms with Gasteiger partial charge >= 0.3 is 0 Å². The number of amides is 4. The van der Waals surface area contributed by atoms with Crippen LogP contribution in [0.5, 0.6) is 0 Å². The maximum atomic E-state index is 12.1. The lowest BCUT2D eigenvalue weighted by Gasteiger charge is -2.33. The fraction of sp³-hybridized carbons (Fsp3) is 0.714. The second kappa shape index (κ2) is 7.24. The molecule has 3 N–H and O–H groups in total. The van der Waals surface area contributed by atoms with E-state index in [1.165, 1.54) is 6.92 Å². The molecule has 2 heterocycles. The summed E-state index contributed by atoms with van der Waals surface area (Å²) in [5.41, 5.74) is 0. The quantitative estimate of drug-likeness (QED) is 0.506. The van der Waals surface area contributed by atoms with E-state index >= 15 is 0 Å². The summed E-state index contributed by atoms with van der Waals surface area (Å²) in [5, 5.41) is 7.85. The number of rotatable bonds is 0. The van der Waals surface area contributed by atoms with Crippen molar-refractivity contribution in [2.24, 2.45) is 0 Å². The number of hydrogen-bond acceptors (Lipinski definition) is 4. The van der Waals surface area contributed by atoms with Gasteiger partial charge in [-0.2, -0.15) is 0 Å². The standard InChI is InChI=1S/C14H22N4O4/c1-9-14(22)15-7-12(20)17-10-3-2-6-18(8-10)13(21)5-4-11(19)16-9/h9-10H,2-8H2,1H3,(H,15,22)(H,16,19)(H,17,20). The monoisotopic (exact) mass is 310 g/mol. The van der Waals surface area contributed by atoms with Crippen molar-refractivity contribution in [1.29, 1.82) is 0 Å². The Morgan fingerprint density at radius 2 is 1.82 bits per heavy atom. The maximum Gasteiger partial charge on any atom is 0.242 e. The number of hydrogen-bond donors (Lipinski definition) is 3. The van der Waals surface area contributed by atoms with Gasteiger partial charge in [0.05, 0.1) is 6.54 Å². The van der Waals surface area contributed by atoms with Crippen LogP contribution in [0.4, 0.5) is 0 Å². The van der Waals surface area contributed by atoms with Crippen molar-refractivity contribution in [2.75, 3.05) is 19.6 Å². The second-order valence-electron chi connectivity index (χ2n) is 5.75. The van der Waals surface area contributed by atoms with Gasteiger partial charge in [0, 0.05) is 32.0 Å². The van der Waals surface area contributed by atoms with Crippen molar-refractivity contribution < 1.29 is 19.2 Å². The van der Waals surface area contributed by atoms with Gasteiger partial charge in [-0.25, -0.2) is 0 Å². The van der Waals surface area contributed by atoms with Crippen molar-refractivity contribution in [3.05, 3.63) is 0 Å². The van der Waals surface area contributed by atoms with Crippen LogP contribution in [0.1, 0.15) is 32.6 Å². The summed E-state index contributed by atoms with van der Waals surface area (Å²) in [5.74, 6) is -1.14. The van der Waals surface area contributed by atoms with Crippen LogP contribution in [0.15, 0.2) is 0 Å². The molecular formula is C14H22N4O4. The van der Waals surface area contributed by atoms with Gasteiger partial charge in [0.15, 0.2) is 0 Å². The largest absolute Gasteiger partial charge is 0.350 e. The molecule has 8 heteroatoms. The first-order chi connectivity index (χ1) is 10.5. The molecule has 4 amide bonds. The lowest BCUT2D eigenvalue weighted by Crippen LogP contribution is -2.53. The first-order valence-electron chi connectivity index (χ1n) is 7.60. The third kappa shape index (κ3) is 4.44. The molecule has 2 atom stereocenters. The molecule has 0 aromatic heterocycles. The van der Waals surface area contributed by atoms with Crippen LogP contribution in [0.3, 0.4) is 0 Å². The number of fused-ring (bicyclic) bond motifs is 2. The highest BCUT2D eigenvalue weighted by Crippen LogP contribution is 2.12. The van der Waals surface area contributed by atoms with Gasteiger partial charge in [-0.3, -0.25) is 19.2 Å². The van der Waals surface area contributed by atoms with Crippen LogP contribution in [-0.4, -0.2) is 60.2 Å². The van der Waals surface area contributed by atoms with E-state index in [0.29, 0.717) is 13.1 Å². The summed E-state index contributed by atoms with van der Waals surface area (Å²) in [6.07, 6.45) is 1.79. The lowest BCUT2D eigenvalue weighted by molar-refractivity contribution is -0.136. The number of carbonyl (C=O) groups excluding carboxylic acids is 4. The highest BCUT2D eigenvalue weighted by Gasteiger charge is 2.26. The molecule has 0 radical (unpaired) electrons. The van der Waals surface area contributed by atoms with E-state index in [0.717, 1.165) is 12.8 Å². The molecule has 22 heavy (non-hydrogen) atoms. The molecule has 2 saturated heterocycles. The molecule has 0 aromatic rings. The Hall–Kier alpha value is -2.12. The summed E-state index contributed by atoms with van der Waals surface area (Å²) in [6.45, 7) is 2.51. The molecule has 2 aliphatic heterocycles. The number of nitrogens with zero attached hydrogens (tertiary/aromatic N) is 1. The summed E-state index contributed by atoms with van der Waals surface area (Å²) in [7, 11) is 0. The van der Waals surface area contributed by atoms with E-state index < -0.39 is 11.9 Å². The number of nitrogens with one attached hydrogen (secondary N) is 3. The Labute approximate surface area is 129 Å². The predicted octanol–water partition coefficient (Wildman–Crippen LogP) is -1.49. The van der Waals surface area contributed by atoms with Crippen molar-refractivity contribution in [3.8, 4) is 0 Å². The topological polar surface area (TPSA) is 108 Å². The summed E-state index contributed by atoms with van der Waals surface area (Å²) < 4.78 is 0. The van der Waals surface area contributed by atoms with Gasteiger partial charge in [-0.15, -0.1) is 0 Å². The molecule has 8 nitrogen and oxygen atoms in total. The van der Waals surface area contributed by atoms with E-state index in [9.17, 15) is 19.2 Å². The van der Waals surface area contributed by atoms with Gasteiger partial charge < -0.3 is 20.9 Å². The zero-order valence-corrected chi connectivity index (χ0v) is 12.7. The molecule has 2 aliphatic rings. The van der Waals surface area contributed by atoms with Crippen LogP contribution in [0.2, 0.25) is 0 Å². The first-order valence-corrected chi connectivity index (χ1v) is 7.60. The van der Waals surface area contributed by atoms with Gasteiger partial charge in [0.25, 0.3) is 0 Å². The molecule has 122 valence electrons. The molecule has 0 aliphatic carbocycles. The minimum atomic E-state index is -0.738. The molecule has 2 rings (SSSR count). The average molecular weight is 310 g/mol. The Bertz CT molecular complexity index is 479. The van der Waals surface area contributed by atoms with Gasteiger partial charge in [-0.05, 0) is 19.8 Å². The molecule has 2 bridgehead atoms. The number of carbonyl (C=O) groups is 4. The van der Waals surface area contributed by atoms with E-state index in [4.69, 9.17) is 0 Å². The van der Waals surface area contributed by atoms with Crippen LogP contribution in [-0.2, 0) is 19.2 Å². The van der Waals surface area contributed by atoms with E-state index in [-0.39, 0.29) is 43.1 Å². The van der Waals surface area contributed by atoms with Crippen LogP contribution in [0.25, 0.3) is 0 Å². The minimum Gasteiger partial charge on any atom is -0.350 e. The van der Waals surface area contributed by atoms with Crippen molar-refractivity contribution >= 4 is 23.6 Å². The second-order valence-corrected chi connectivity index (χ2v) is 5.75. The zero-order chi connectivity index (χ0) is 16.1. The molecule has 0 aromatic carbocycles. The van der Waals surface area contributed by atoms with E-state index in [1.54, 1.807) is 4.90 Å². The van der Waals surface area contributed by atoms with Crippen molar-refractivity contribution in [2.45, 2.75) is 44.7 Å². The maximum absolute atomic E-state index is 12.1. The molecule has 0 saturated carbocycles. The normalized spacial score (nSPS) is 28.3. The highest BCUT2D eigenvalue weighted by molar-refractivity contribution is 5.91. The molecule has 2 fully saturated rings. The molecule has 0 spiro atoms. The summed E-state index contributed by atoms with van der Waals surface area (Å²) in [4.78, 5) is 49.2. The third-order valence-corrected chi connectivity index (χ3v) is 3.90. The SMILES string of the molecule is CC1NC(=O)CCC(=O)N2CCCC(C2)NC(=O)CNC1=O. The molecule has 2 unspecified atom stereocenters. The highest BCUT2D eigenvalue weighted by atomic mass is 16.2. The average Bonchev–Trinajstić information content (AvgIpc) is 2.49. The summed E-state index contributed by atoms with van der Waals surface area (Å²) in [6, 6.07) is -0.838. The Kier molecular flexibility index (Phi) is 5.35. The van der Waals surface area contributed by atoms with Gasteiger partial charge in [-0.1, -0.05) is 0 Å². The van der Waals surface area contributed by atoms with Gasteiger partial charge in [0.1, 0.15) is 6.04 Å². The predicted molar refractivity (Wildman–Crippen MR) is 77.6 cm³/mol. The van der Waals surface area contributed by atoms with Crippen molar-refractivity contribution in [3.63, 3.8) is 0 Å². The van der Waals surface area contributed by atoms with Crippen LogP contribution >= 0.6 is 0 Å². The first kappa shape index (κ1) is 16.3. The van der Waals surface area contributed by atoms with Crippen LogP contribution in [0, 0.1) is 0 Å². The Morgan fingerprint density at radius 1 is 1.05 bits per heavy atom. The number of piperidine rings is 1.